The van der Waals surface area contributed by atoms with Crippen molar-refractivity contribution in [3.63, 3.8) is 0 Å². The lowest BCUT2D eigenvalue weighted by molar-refractivity contribution is 0.0918. The van der Waals surface area contributed by atoms with Gasteiger partial charge in [0.25, 0.3) is 0 Å². The Morgan fingerprint density at radius 2 is 1.79 bits per heavy atom. The zero-order chi connectivity index (χ0) is 14.6. The summed E-state index contributed by atoms with van der Waals surface area (Å²) in [6.45, 7) is 4.43. The number of benzene rings is 1. The van der Waals surface area contributed by atoms with E-state index in [1.54, 1.807) is 0 Å². The van der Waals surface area contributed by atoms with Crippen molar-refractivity contribution in [1.29, 1.82) is 0 Å². The molecule has 0 aliphatic heterocycles. The maximum absolute atomic E-state index is 6.38. The van der Waals surface area contributed by atoms with Gasteiger partial charge in [0.15, 0.2) is 0 Å². The normalized spacial score (nSPS) is 13.9. The molecule has 0 aliphatic rings. The molecular formula is C15H24Cl2N2. The fourth-order valence-corrected chi connectivity index (χ4v) is 3.41. The van der Waals surface area contributed by atoms with Crippen LogP contribution in [0.5, 0.6) is 0 Å². The van der Waals surface area contributed by atoms with E-state index in [1.165, 1.54) is 0 Å². The molecule has 0 aromatic heterocycles. The van der Waals surface area contributed by atoms with Crippen molar-refractivity contribution in [2.45, 2.75) is 38.3 Å². The van der Waals surface area contributed by atoms with Crippen LogP contribution < -0.4 is 5.32 Å². The van der Waals surface area contributed by atoms with Gasteiger partial charge in [-0.15, -0.1) is 0 Å². The largest absolute Gasteiger partial charge is 0.311 e. The van der Waals surface area contributed by atoms with E-state index in [1.807, 2.05) is 25.2 Å². The third-order valence-corrected chi connectivity index (χ3v) is 4.79. The van der Waals surface area contributed by atoms with Crippen LogP contribution in [0.25, 0.3) is 0 Å². The molecule has 1 aromatic carbocycles. The highest BCUT2D eigenvalue weighted by Crippen LogP contribution is 2.39. The zero-order valence-corrected chi connectivity index (χ0v) is 13.9. The molecule has 0 fully saturated rings. The predicted octanol–water partition coefficient (Wildman–Crippen LogP) is 4.37. The fourth-order valence-electron chi connectivity index (χ4n) is 3.00. The molecule has 1 N–H and O–H groups in total. The van der Waals surface area contributed by atoms with Crippen LogP contribution in [-0.4, -0.2) is 31.6 Å². The van der Waals surface area contributed by atoms with E-state index in [-0.39, 0.29) is 11.6 Å². The van der Waals surface area contributed by atoms with Gasteiger partial charge in [-0.05, 0) is 57.7 Å². The topological polar surface area (TPSA) is 15.3 Å². The number of rotatable bonds is 6. The molecule has 0 bridgehead atoms. The number of likely N-dealkylation sites (N-methyl/N-ethyl adjacent to an activating group) is 2. The lowest BCUT2D eigenvalue weighted by Gasteiger charge is -2.45. The van der Waals surface area contributed by atoms with E-state index >= 15 is 0 Å². The lowest BCUT2D eigenvalue weighted by Crippen LogP contribution is -2.52. The second-order valence-corrected chi connectivity index (χ2v) is 5.94. The summed E-state index contributed by atoms with van der Waals surface area (Å²) in [7, 11) is 6.22. The Morgan fingerprint density at radius 1 is 1.21 bits per heavy atom. The number of halogens is 2. The third kappa shape index (κ3) is 3.25. The summed E-state index contributed by atoms with van der Waals surface area (Å²) in [5, 5.41) is 4.91. The first kappa shape index (κ1) is 16.8. The minimum Gasteiger partial charge on any atom is -0.311 e. The van der Waals surface area contributed by atoms with Gasteiger partial charge in [-0.1, -0.05) is 37.0 Å². The first-order valence-electron chi connectivity index (χ1n) is 6.72. The van der Waals surface area contributed by atoms with Crippen LogP contribution in [0.1, 0.15) is 38.3 Å². The van der Waals surface area contributed by atoms with E-state index < -0.39 is 0 Å². The highest BCUT2D eigenvalue weighted by molar-refractivity contribution is 6.33. The van der Waals surface area contributed by atoms with Gasteiger partial charge in [0.05, 0.1) is 6.04 Å². The van der Waals surface area contributed by atoms with Gasteiger partial charge in [-0.25, -0.2) is 0 Å². The van der Waals surface area contributed by atoms with Crippen LogP contribution in [0, 0.1) is 0 Å². The van der Waals surface area contributed by atoms with E-state index in [0.717, 1.165) is 28.5 Å². The minimum absolute atomic E-state index is 0.0169. The average Bonchev–Trinajstić information content (AvgIpc) is 2.39. The van der Waals surface area contributed by atoms with E-state index in [4.69, 9.17) is 23.2 Å². The molecule has 0 radical (unpaired) electrons. The Labute approximate surface area is 127 Å². The van der Waals surface area contributed by atoms with Crippen LogP contribution in [0.2, 0.25) is 10.0 Å². The quantitative estimate of drug-likeness (QED) is 0.839. The number of nitrogens with zero attached hydrogens (tertiary/aromatic N) is 1. The molecule has 4 heteroatoms. The van der Waals surface area contributed by atoms with Crippen LogP contribution in [-0.2, 0) is 0 Å². The van der Waals surface area contributed by atoms with Gasteiger partial charge >= 0.3 is 0 Å². The van der Waals surface area contributed by atoms with Gasteiger partial charge in [0, 0.05) is 15.6 Å². The van der Waals surface area contributed by atoms with Crippen LogP contribution in [0.15, 0.2) is 18.2 Å². The van der Waals surface area contributed by atoms with Crippen molar-refractivity contribution in [2.24, 2.45) is 0 Å². The SMILES string of the molecule is CCC(CC)(C(NC)c1cc(Cl)ccc1Cl)N(C)C. The van der Waals surface area contributed by atoms with E-state index in [9.17, 15) is 0 Å². The first-order chi connectivity index (χ1) is 8.92. The molecule has 0 saturated carbocycles. The summed E-state index contributed by atoms with van der Waals surface area (Å²) in [6, 6.07) is 5.81. The molecule has 1 unspecified atom stereocenters. The monoisotopic (exact) mass is 302 g/mol. The lowest BCUT2D eigenvalue weighted by atomic mass is 9.79. The predicted molar refractivity (Wildman–Crippen MR) is 85.3 cm³/mol. The van der Waals surface area contributed by atoms with Crippen molar-refractivity contribution < 1.29 is 0 Å². The minimum atomic E-state index is 0.0169. The molecule has 1 rings (SSSR count). The molecule has 19 heavy (non-hydrogen) atoms. The van der Waals surface area contributed by atoms with E-state index in [2.05, 4.69) is 38.2 Å². The number of hydrogen-bond acceptors (Lipinski definition) is 2. The summed E-state index contributed by atoms with van der Waals surface area (Å²) in [5.74, 6) is 0. The second-order valence-electron chi connectivity index (χ2n) is 5.09. The van der Waals surface area contributed by atoms with Crippen molar-refractivity contribution in [2.75, 3.05) is 21.1 Å². The van der Waals surface area contributed by atoms with Crippen LogP contribution in [0.4, 0.5) is 0 Å². The highest BCUT2D eigenvalue weighted by atomic mass is 35.5. The maximum Gasteiger partial charge on any atom is 0.0519 e. The molecule has 2 nitrogen and oxygen atoms in total. The van der Waals surface area contributed by atoms with Crippen molar-refractivity contribution in [3.05, 3.63) is 33.8 Å². The Balaban J connectivity index is 3.35. The highest BCUT2D eigenvalue weighted by Gasteiger charge is 2.38. The number of hydrogen-bond donors (Lipinski definition) is 1. The van der Waals surface area contributed by atoms with Gasteiger partial charge in [-0.2, -0.15) is 0 Å². The number of nitrogens with one attached hydrogen (secondary N) is 1. The van der Waals surface area contributed by atoms with Crippen LogP contribution in [0.3, 0.4) is 0 Å². The molecule has 0 aliphatic carbocycles. The average molecular weight is 303 g/mol. The molecule has 0 spiro atoms. The van der Waals surface area contributed by atoms with Gasteiger partial charge in [-0.3, -0.25) is 0 Å². The summed E-state index contributed by atoms with van der Waals surface area (Å²) in [4.78, 5) is 2.28. The molecular weight excluding hydrogens is 279 g/mol. The Kier molecular flexibility index (Phi) is 6.13. The molecule has 1 aromatic rings. The van der Waals surface area contributed by atoms with Crippen molar-refractivity contribution in [1.82, 2.24) is 10.2 Å². The standard InChI is InChI=1S/C15H24Cl2N2/c1-6-15(7-2,19(4)5)14(18-3)12-10-11(16)8-9-13(12)17/h8-10,14,18H,6-7H2,1-5H3. The summed E-state index contributed by atoms with van der Waals surface area (Å²) in [6.07, 6.45) is 2.07. The molecule has 0 amide bonds. The summed E-state index contributed by atoms with van der Waals surface area (Å²) in [5.41, 5.74) is 1.08. The first-order valence-corrected chi connectivity index (χ1v) is 7.48. The third-order valence-electron chi connectivity index (χ3n) is 4.21. The zero-order valence-electron chi connectivity index (χ0n) is 12.4. The smallest absolute Gasteiger partial charge is 0.0519 e. The van der Waals surface area contributed by atoms with Crippen molar-refractivity contribution in [3.8, 4) is 0 Å². The fraction of sp³-hybridized carbons (Fsp3) is 0.600. The molecule has 0 heterocycles. The second kappa shape index (κ2) is 6.94. The summed E-state index contributed by atoms with van der Waals surface area (Å²) < 4.78 is 0. The van der Waals surface area contributed by atoms with Crippen molar-refractivity contribution >= 4 is 23.2 Å². The Bertz CT molecular complexity index is 415. The van der Waals surface area contributed by atoms with Gasteiger partial charge < -0.3 is 10.2 Å². The molecule has 0 saturated heterocycles. The van der Waals surface area contributed by atoms with E-state index in [0.29, 0.717) is 0 Å². The maximum atomic E-state index is 6.38. The van der Waals surface area contributed by atoms with Gasteiger partial charge in [0.1, 0.15) is 0 Å². The van der Waals surface area contributed by atoms with Gasteiger partial charge in [0.2, 0.25) is 0 Å². The van der Waals surface area contributed by atoms with Crippen LogP contribution >= 0.6 is 23.2 Å². The molecule has 1 atom stereocenters. The Morgan fingerprint density at radius 3 is 2.21 bits per heavy atom. The Hall–Kier alpha value is -0.280. The molecule has 108 valence electrons. The summed E-state index contributed by atoms with van der Waals surface area (Å²) >= 11 is 12.5.